The van der Waals surface area contributed by atoms with Crippen LogP contribution in [0.15, 0.2) is 12.2 Å². The maximum atomic E-state index is 10.8. The van der Waals surface area contributed by atoms with Gasteiger partial charge in [-0.25, -0.2) is 4.79 Å². The van der Waals surface area contributed by atoms with Crippen LogP contribution in [-0.4, -0.2) is 32.1 Å². The molecule has 1 aliphatic heterocycles. The molecule has 1 aliphatic rings. The molecule has 0 saturated carbocycles. The molecule has 0 spiro atoms. The quantitative estimate of drug-likeness (QED) is 0.199. The zero-order chi connectivity index (χ0) is 8.97. The molecule has 0 N–H and O–H groups in total. The van der Waals surface area contributed by atoms with Crippen LogP contribution in [0.3, 0.4) is 0 Å². The smallest absolute Gasteiger partial charge is 0.335 e. The van der Waals surface area contributed by atoms with Crippen molar-refractivity contribution in [3.8, 4) is 0 Å². The first-order chi connectivity index (χ1) is 5.70. The maximum absolute atomic E-state index is 10.8. The summed E-state index contributed by atoms with van der Waals surface area (Å²) in [5.74, 6) is -0.424. The summed E-state index contributed by atoms with van der Waals surface area (Å²) in [6.07, 6.45) is 0.202. The molecule has 1 atom stereocenters. The first-order valence-electron chi connectivity index (χ1n) is 3.72. The molecule has 4 nitrogen and oxygen atoms in total. The molecule has 0 aliphatic carbocycles. The number of rotatable bonds is 5. The molecule has 0 aromatic heterocycles. The molecule has 1 fully saturated rings. The number of epoxide rings is 1. The Morgan fingerprint density at radius 2 is 2.42 bits per heavy atom. The van der Waals surface area contributed by atoms with E-state index in [9.17, 15) is 4.79 Å². The number of ether oxygens (including phenoxy) is 3. The Labute approximate surface area is 71.1 Å². The van der Waals surface area contributed by atoms with Crippen LogP contribution in [-0.2, 0) is 19.0 Å². The molecule has 0 aromatic carbocycles. The summed E-state index contributed by atoms with van der Waals surface area (Å²) < 4.78 is 14.5. The predicted octanol–water partition coefficient (Wildman–Crippen LogP) is 0.479. The average Bonchev–Trinajstić information content (AvgIpc) is 2.80. The molecule has 0 bridgehead atoms. The summed E-state index contributed by atoms with van der Waals surface area (Å²) >= 11 is 0. The van der Waals surface area contributed by atoms with Crippen LogP contribution in [0.2, 0.25) is 0 Å². The number of esters is 1. The number of carbonyl (C=O) groups is 1. The van der Waals surface area contributed by atoms with Gasteiger partial charge in [0.15, 0.2) is 6.79 Å². The fourth-order valence-corrected chi connectivity index (χ4v) is 0.562. The van der Waals surface area contributed by atoms with Crippen molar-refractivity contribution in [2.45, 2.75) is 13.0 Å². The van der Waals surface area contributed by atoms with Gasteiger partial charge in [0.25, 0.3) is 0 Å². The van der Waals surface area contributed by atoms with Crippen LogP contribution in [0, 0.1) is 0 Å². The van der Waals surface area contributed by atoms with Crippen molar-refractivity contribution < 1.29 is 19.0 Å². The second kappa shape index (κ2) is 4.23. The molecule has 0 aromatic rings. The standard InChI is InChI=1S/C8H12O4/c1-6(2)8(9)12-5-10-3-7-4-11-7/h7H,1,3-5H2,2H3. The Kier molecular flexibility index (Phi) is 3.25. The lowest BCUT2D eigenvalue weighted by Gasteiger charge is -2.03. The molecule has 0 radical (unpaired) electrons. The highest BCUT2D eigenvalue weighted by Crippen LogP contribution is 2.08. The second-order valence-corrected chi connectivity index (χ2v) is 2.66. The summed E-state index contributed by atoms with van der Waals surface area (Å²) in [6.45, 7) is 6.23. The lowest BCUT2D eigenvalue weighted by atomic mass is 10.4. The molecule has 1 heterocycles. The van der Waals surface area contributed by atoms with E-state index in [2.05, 4.69) is 11.3 Å². The lowest BCUT2D eigenvalue weighted by molar-refractivity contribution is -0.151. The van der Waals surface area contributed by atoms with Gasteiger partial charge in [0.05, 0.1) is 13.2 Å². The lowest BCUT2D eigenvalue weighted by Crippen LogP contribution is -2.11. The van der Waals surface area contributed by atoms with E-state index >= 15 is 0 Å². The van der Waals surface area contributed by atoms with Crippen LogP contribution in [0.25, 0.3) is 0 Å². The number of hydrogen-bond acceptors (Lipinski definition) is 4. The maximum Gasteiger partial charge on any atom is 0.335 e. The molecule has 12 heavy (non-hydrogen) atoms. The fourth-order valence-electron chi connectivity index (χ4n) is 0.562. The van der Waals surface area contributed by atoms with Crippen LogP contribution in [0.5, 0.6) is 0 Å². The molecule has 68 valence electrons. The van der Waals surface area contributed by atoms with Gasteiger partial charge < -0.3 is 14.2 Å². The van der Waals surface area contributed by atoms with Gasteiger partial charge >= 0.3 is 5.97 Å². The third-order valence-electron chi connectivity index (χ3n) is 1.33. The van der Waals surface area contributed by atoms with Gasteiger partial charge in [-0.3, -0.25) is 0 Å². The van der Waals surface area contributed by atoms with Crippen molar-refractivity contribution in [1.29, 1.82) is 0 Å². The fraction of sp³-hybridized carbons (Fsp3) is 0.625. The molecule has 1 rings (SSSR count). The Bertz CT molecular complexity index is 183. The Hall–Kier alpha value is -0.870. The van der Waals surface area contributed by atoms with Gasteiger partial charge in [-0.2, -0.15) is 0 Å². The van der Waals surface area contributed by atoms with Gasteiger partial charge in [0.1, 0.15) is 6.10 Å². The van der Waals surface area contributed by atoms with Crippen molar-refractivity contribution in [3.05, 3.63) is 12.2 Å². The van der Waals surface area contributed by atoms with Crippen LogP contribution >= 0.6 is 0 Å². The molecule has 4 heteroatoms. The highest BCUT2D eigenvalue weighted by Gasteiger charge is 2.22. The van der Waals surface area contributed by atoms with E-state index in [1.54, 1.807) is 6.92 Å². The van der Waals surface area contributed by atoms with Crippen LogP contribution in [0.1, 0.15) is 6.92 Å². The van der Waals surface area contributed by atoms with E-state index < -0.39 is 5.97 Å². The van der Waals surface area contributed by atoms with Gasteiger partial charge in [-0.15, -0.1) is 0 Å². The Balaban J connectivity index is 1.93. The van der Waals surface area contributed by atoms with Gasteiger partial charge in [0, 0.05) is 5.57 Å². The predicted molar refractivity (Wildman–Crippen MR) is 41.5 cm³/mol. The van der Waals surface area contributed by atoms with E-state index in [0.29, 0.717) is 12.2 Å². The highest BCUT2D eigenvalue weighted by atomic mass is 16.7. The normalized spacial score (nSPS) is 20.2. The van der Waals surface area contributed by atoms with Gasteiger partial charge in [-0.1, -0.05) is 6.58 Å². The van der Waals surface area contributed by atoms with E-state index in [1.165, 1.54) is 0 Å². The van der Waals surface area contributed by atoms with Crippen LogP contribution in [0.4, 0.5) is 0 Å². The zero-order valence-corrected chi connectivity index (χ0v) is 7.04. The van der Waals surface area contributed by atoms with Crippen molar-refractivity contribution in [3.63, 3.8) is 0 Å². The Morgan fingerprint density at radius 1 is 1.75 bits per heavy atom. The highest BCUT2D eigenvalue weighted by molar-refractivity contribution is 5.86. The topological polar surface area (TPSA) is 48.1 Å². The number of hydrogen-bond donors (Lipinski definition) is 0. The Morgan fingerprint density at radius 3 is 2.92 bits per heavy atom. The summed E-state index contributed by atoms with van der Waals surface area (Å²) in [5.41, 5.74) is 0.376. The first kappa shape index (κ1) is 9.22. The average molecular weight is 172 g/mol. The summed E-state index contributed by atoms with van der Waals surface area (Å²) in [6, 6.07) is 0. The monoisotopic (exact) mass is 172 g/mol. The second-order valence-electron chi connectivity index (χ2n) is 2.66. The third-order valence-corrected chi connectivity index (χ3v) is 1.33. The summed E-state index contributed by atoms with van der Waals surface area (Å²) in [5, 5.41) is 0. The minimum atomic E-state index is -0.424. The first-order valence-corrected chi connectivity index (χ1v) is 3.72. The zero-order valence-electron chi connectivity index (χ0n) is 7.04. The van der Waals surface area contributed by atoms with Gasteiger partial charge in [-0.05, 0) is 6.92 Å². The van der Waals surface area contributed by atoms with E-state index in [1.807, 2.05) is 0 Å². The molecule has 0 amide bonds. The summed E-state index contributed by atoms with van der Waals surface area (Å²) in [7, 11) is 0. The largest absolute Gasteiger partial charge is 0.435 e. The molecular weight excluding hydrogens is 160 g/mol. The molecule has 1 saturated heterocycles. The minimum Gasteiger partial charge on any atom is -0.435 e. The van der Waals surface area contributed by atoms with Crippen molar-refractivity contribution in [2.24, 2.45) is 0 Å². The molecular formula is C8H12O4. The van der Waals surface area contributed by atoms with Crippen LogP contribution < -0.4 is 0 Å². The van der Waals surface area contributed by atoms with Crippen molar-refractivity contribution >= 4 is 5.97 Å². The van der Waals surface area contributed by atoms with Gasteiger partial charge in [0.2, 0.25) is 0 Å². The SMILES string of the molecule is C=C(C)C(=O)OCOCC1CO1. The summed E-state index contributed by atoms with van der Waals surface area (Å²) in [4.78, 5) is 10.8. The minimum absolute atomic E-state index is 0.0223. The number of carbonyl (C=O) groups excluding carboxylic acids is 1. The molecule has 1 unspecified atom stereocenters. The third kappa shape index (κ3) is 3.50. The van der Waals surface area contributed by atoms with E-state index in [-0.39, 0.29) is 12.9 Å². The van der Waals surface area contributed by atoms with Crippen molar-refractivity contribution in [1.82, 2.24) is 0 Å². The van der Waals surface area contributed by atoms with Crippen molar-refractivity contribution in [2.75, 3.05) is 20.0 Å². The van der Waals surface area contributed by atoms with E-state index in [0.717, 1.165) is 6.61 Å². The van der Waals surface area contributed by atoms with E-state index in [4.69, 9.17) is 9.47 Å².